The second-order valence-corrected chi connectivity index (χ2v) is 4.63. The minimum absolute atomic E-state index is 0.0848. The Balaban J connectivity index is 1.91. The highest BCUT2D eigenvalue weighted by molar-refractivity contribution is 5.22. The lowest BCUT2D eigenvalue weighted by Gasteiger charge is -2.09. The molecule has 0 saturated heterocycles. The monoisotopic (exact) mass is 222 g/mol. The maximum absolute atomic E-state index is 12.6. The third-order valence-electron chi connectivity index (χ3n) is 2.38. The molecule has 3 heteroatoms. The Kier molecular flexibility index (Phi) is 2.86. The molecule has 86 valence electrons. The molecule has 0 amide bonds. The molecule has 1 aromatic carbocycles. The molecule has 0 atom stereocenters. The van der Waals surface area contributed by atoms with Crippen molar-refractivity contribution in [2.75, 3.05) is 13.2 Å². The molecule has 1 aromatic rings. The van der Waals surface area contributed by atoms with E-state index in [2.05, 4.69) is 19.9 Å². The van der Waals surface area contributed by atoms with Gasteiger partial charge in [-0.1, -0.05) is 13.8 Å². The number of benzene rings is 1. The van der Waals surface area contributed by atoms with Gasteiger partial charge in [-0.05, 0) is 30.3 Å². The van der Waals surface area contributed by atoms with Gasteiger partial charge in [-0.2, -0.15) is 0 Å². The van der Waals surface area contributed by atoms with Gasteiger partial charge in [0, 0.05) is 5.41 Å². The number of hydrogen-bond acceptors (Lipinski definition) is 2. The smallest absolute Gasteiger partial charge is 0.145 e. The summed E-state index contributed by atoms with van der Waals surface area (Å²) >= 11 is 0. The molecule has 0 bridgehead atoms. The molecule has 0 aliphatic carbocycles. The summed E-state index contributed by atoms with van der Waals surface area (Å²) in [6.45, 7) is 5.31. The van der Waals surface area contributed by atoms with Crippen molar-refractivity contribution in [2.45, 2.75) is 13.8 Å². The predicted octanol–water partition coefficient (Wildman–Crippen LogP) is 3.14. The Morgan fingerprint density at radius 3 is 2.56 bits per heavy atom. The molecule has 0 saturated carbocycles. The number of ether oxygens (including phenoxy) is 2. The zero-order chi connectivity index (χ0) is 11.6. The van der Waals surface area contributed by atoms with Crippen molar-refractivity contribution < 1.29 is 13.9 Å². The molecular formula is C13H15FO2. The van der Waals surface area contributed by atoms with E-state index in [-0.39, 0.29) is 11.2 Å². The van der Waals surface area contributed by atoms with Crippen LogP contribution in [0.5, 0.6) is 5.75 Å². The van der Waals surface area contributed by atoms with Crippen molar-refractivity contribution in [1.29, 1.82) is 0 Å². The minimum atomic E-state index is -0.259. The van der Waals surface area contributed by atoms with Crippen LogP contribution in [0.4, 0.5) is 4.39 Å². The van der Waals surface area contributed by atoms with E-state index in [0.717, 1.165) is 5.76 Å². The Labute approximate surface area is 94.7 Å². The van der Waals surface area contributed by atoms with Crippen LogP contribution >= 0.6 is 0 Å². The molecule has 0 unspecified atom stereocenters. The van der Waals surface area contributed by atoms with E-state index in [4.69, 9.17) is 9.47 Å². The van der Waals surface area contributed by atoms with Gasteiger partial charge in [0.1, 0.15) is 23.9 Å². The summed E-state index contributed by atoms with van der Waals surface area (Å²) < 4.78 is 23.6. The van der Waals surface area contributed by atoms with E-state index in [1.807, 2.05) is 0 Å². The van der Waals surface area contributed by atoms with Crippen molar-refractivity contribution in [3.05, 3.63) is 41.9 Å². The Hall–Kier alpha value is -1.51. The molecule has 2 rings (SSSR count). The maximum atomic E-state index is 12.6. The van der Waals surface area contributed by atoms with E-state index in [9.17, 15) is 4.39 Å². The summed E-state index contributed by atoms with van der Waals surface area (Å²) in [4.78, 5) is 0. The lowest BCUT2D eigenvalue weighted by atomic mass is 9.96. The molecule has 0 fully saturated rings. The third-order valence-corrected chi connectivity index (χ3v) is 2.38. The topological polar surface area (TPSA) is 18.5 Å². The summed E-state index contributed by atoms with van der Waals surface area (Å²) in [5.41, 5.74) is 0.0848. The highest BCUT2D eigenvalue weighted by Gasteiger charge is 2.24. The number of hydrogen-bond donors (Lipinski definition) is 0. The fraction of sp³-hybridized carbons (Fsp3) is 0.385. The first-order chi connectivity index (χ1) is 7.55. The normalized spacial score (nSPS) is 17.8. The van der Waals surface area contributed by atoms with Crippen LogP contribution in [0.15, 0.2) is 36.1 Å². The minimum Gasteiger partial charge on any atom is -0.494 e. The molecule has 0 aromatic heterocycles. The summed E-state index contributed by atoms with van der Waals surface area (Å²) in [5.74, 6) is 1.23. The van der Waals surface area contributed by atoms with Gasteiger partial charge in [-0.15, -0.1) is 0 Å². The largest absolute Gasteiger partial charge is 0.494 e. The lowest BCUT2D eigenvalue weighted by molar-refractivity contribution is 0.158. The van der Waals surface area contributed by atoms with E-state index in [1.165, 1.54) is 12.1 Å². The molecule has 0 radical (unpaired) electrons. The van der Waals surface area contributed by atoms with Gasteiger partial charge >= 0.3 is 0 Å². The zero-order valence-corrected chi connectivity index (χ0v) is 9.50. The Bertz CT molecular complexity index is 393. The molecular weight excluding hydrogens is 207 g/mol. The fourth-order valence-corrected chi connectivity index (χ4v) is 1.57. The van der Waals surface area contributed by atoms with Crippen molar-refractivity contribution in [1.82, 2.24) is 0 Å². The van der Waals surface area contributed by atoms with Gasteiger partial charge in [-0.3, -0.25) is 0 Å². The van der Waals surface area contributed by atoms with Crippen LogP contribution in [0.1, 0.15) is 13.8 Å². The average Bonchev–Trinajstić information content (AvgIpc) is 2.58. The van der Waals surface area contributed by atoms with Gasteiger partial charge < -0.3 is 9.47 Å². The van der Waals surface area contributed by atoms with Crippen LogP contribution in [0.2, 0.25) is 0 Å². The number of rotatable bonds is 3. The molecule has 1 heterocycles. The van der Waals surface area contributed by atoms with Crippen LogP contribution in [-0.2, 0) is 4.74 Å². The molecule has 0 spiro atoms. The fourth-order valence-electron chi connectivity index (χ4n) is 1.57. The van der Waals surface area contributed by atoms with Crippen molar-refractivity contribution in [3.63, 3.8) is 0 Å². The SMILES string of the molecule is CC1(C)C=C(COc2ccc(F)cc2)OC1. The van der Waals surface area contributed by atoms with Crippen LogP contribution < -0.4 is 4.74 Å². The first kappa shape index (κ1) is 11.0. The van der Waals surface area contributed by atoms with E-state index >= 15 is 0 Å². The Morgan fingerprint density at radius 2 is 2.00 bits per heavy atom. The van der Waals surface area contributed by atoms with Crippen LogP contribution in [0.25, 0.3) is 0 Å². The van der Waals surface area contributed by atoms with E-state index < -0.39 is 0 Å². The van der Waals surface area contributed by atoms with Crippen molar-refractivity contribution in [3.8, 4) is 5.75 Å². The predicted molar refractivity (Wildman–Crippen MR) is 59.7 cm³/mol. The molecule has 16 heavy (non-hydrogen) atoms. The van der Waals surface area contributed by atoms with Gasteiger partial charge in [0.05, 0.1) is 6.61 Å². The first-order valence-electron chi connectivity index (χ1n) is 5.28. The summed E-state index contributed by atoms with van der Waals surface area (Å²) in [5, 5.41) is 0. The van der Waals surface area contributed by atoms with Crippen molar-refractivity contribution in [2.24, 2.45) is 5.41 Å². The lowest BCUT2D eigenvalue weighted by Crippen LogP contribution is -2.08. The first-order valence-corrected chi connectivity index (χ1v) is 5.28. The zero-order valence-electron chi connectivity index (χ0n) is 9.50. The highest BCUT2D eigenvalue weighted by atomic mass is 19.1. The Morgan fingerprint density at radius 1 is 1.31 bits per heavy atom. The molecule has 1 aliphatic rings. The number of halogens is 1. The maximum Gasteiger partial charge on any atom is 0.145 e. The van der Waals surface area contributed by atoms with E-state index in [0.29, 0.717) is 19.0 Å². The molecule has 1 aliphatic heterocycles. The van der Waals surface area contributed by atoms with Crippen LogP contribution in [-0.4, -0.2) is 13.2 Å². The highest BCUT2D eigenvalue weighted by Crippen LogP contribution is 2.28. The molecule has 2 nitrogen and oxygen atoms in total. The van der Waals surface area contributed by atoms with Crippen LogP contribution in [0.3, 0.4) is 0 Å². The second kappa shape index (κ2) is 4.16. The van der Waals surface area contributed by atoms with Gasteiger partial charge in [-0.25, -0.2) is 4.39 Å². The third kappa shape index (κ3) is 2.75. The second-order valence-electron chi connectivity index (χ2n) is 4.63. The molecule has 0 N–H and O–H groups in total. The van der Waals surface area contributed by atoms with Crippen molar-refractivity contribution >= 4 is 0 Å². The average molecular weight is 222 g/mol. The summed E-state index contributed by atoms with van der Waals surface area (Å²) in [6.07, 6.45) is 2.07. The van der Waals surface area contributed by atoms with Gasteiger partial charge in [0.15, 0.2) is 0 Å². The van der Waals surface area contributed by atoms with Crippen LogP contribution in [0, 0.1) is 11.2 Å². The summed E-state index contributed by atoms with van der Waals surface area (Å²) in [6, 6.07) is 5.97. The van der Waals surface area contributed by atoms with E-state index in [1.54, 1.807) is 12.1 Å². The quantitative estimate of drug-likeness (QED) is 0.782. The van der Waals surface area contributed by atoms with Gasteiger partial charge in [0.25, 0.3) is 0 Å². The summed E-state index contributed by atoms with van der Waals surface area (Å²) in [7, 11) is 0. The van der Waals surface area contributed by atoms with Gasteiger partial charge in [0.2, 0.25) is 0 Å². The standard InChI is InChI=1S/C13H15FO2/c1-13(2)7-12(16-9-13)8-15-11-5-3-10(14)4-6-11/h3-7H,8-9H2,1-2H3.